The van der Waals surface area contributed by atoms with Crippen LogP contribution in [0.5, 0.6) is 23.0 Å². The van der Waals surface area contributed by atoms with Crippen molar-refractivity contribution in [1.82, 2.24) is 0 Å². The fourth-order valence-corrected chi connectivity index (χ4v) is 1.95. The molecule has 0 saturated heterocycles. The zero-order chi connectivity index (χ0) is 13.3. The number of rotatable bonds is 3. The number of methoxy groups -OCH3 is 3. The van der Waals surface area contributed by atoms with Crippen LogP contribution in [0.15, 0.2) is 18.2 Å². The highest BCUT2D eigenvalue weighted by molar-refractivity contribution is 6.02. The lowest BCUT2D eigenvalue weighted by Gasteiger charge is -2.14. The molecular weight excluding hydrogens is 239 g/mol. The van der Waals surface area contributed by atoms with Gasteiger partial charge in [-0.25, -0.2) is 4.39 Å². The van der Waals surface area contributed by atoms with Crippen molar-refractivity contribution in [2.24, 2.45) is 0 Å². The minimum atomic E-state index is -0.578. The maximum atomic E-state index is 13.9. The summed E-state index contributed by atoms with van der Waals surface area (Å²) in [6.45, 7) is 0. The Kier molecular flexibility index (Phi) is 3.14. The number of hydrogen-bond donors (Lipinski definition) is 1. The van der Waals surface area contributed by atoms with E-state index in [4.69, 9.17) is 14.2 Å². The monoisotopic (exact) mass is 252 g/mol. The Hall–Kier alpha value is -2.17. The van der Waals surface area contributed by atoms with Gasteiger partial charge < -0.3 is 19.3 Å². The van der Waals surface area contributed by atoms with Crippen molar-refractivity contribution >= 4 is 10.8 Å². The lowest BCUT2D eigenvalue weighted by molar-refractivity contribution is 0.377. The van der Waals surface area contributed by atoms with Crippen LogP contribution in [0.25, 0.3) is 10.8 Å². The summed E-state index contributed by atoms with van der Waals surface area (Å²) in [4.78, 5) is 0. The lowest BCUT2D eigenvalue weighted by atomic mass is 10.1. The van der Waals surface area contributed by atoms with E-state index in [1.165, 1.54) is 33.5 Å². The van der Waals surface area contributed by atoms with Gasteiger partial charge in [0.25, 0.3) is 0 Å². The van der Waals surface area contributed by atoms with E-state index in [0.717, 1.165) is 0 Å². The SMILES string of the molecule is COc1cc(F)c(OC)c2c(OC)ccc(O)c12. The van der Waals surface area contributed by atoms with Crippen molar-refractivity contribution in [2.45, 2.75) is 0 Å². The summed E-state index contributed by atoms with van der Waals surface area (Å²) in [5, 5.41) is 10.6. The van der Waals surface area contributed by atoms with Crippen molar-refractivity contribution in [2.75, 3.05) is 21.3 Å². The topological polar surface area (TPSA) is 47.9 Å². The average molecular weight is 252 g/mol. The molecule has 0 spiro atoms. The number of ether oxygens (including phenoxy) is 3. The quantitative estimate of drug-likeness (QED) is 0.912. The summed E-state index contributed by atoms with van der Waals surface area (Å²) >= 11 is 0. The van der Waals surface area contributed by atoms with Crippen LogP contribution < -0.4 is 14.2 Å². The standard InChI is InChI=1S/C13H13FO4/c1-16-9-5-4-8(15)11-10(17-2)6-7(14)13(18-3)12(9)11/h4-6,15H,1-3H3. The predicted molar refractivity (Wildman–Crippen MR) is 65.2 cm³/mol. The molecule has 4 nitrogen and oxygen atoms in total. The Labute approximate surface area is 104 Å². The van der Waals surface area contributed by atoms with Crippen molar-refractivity contribution < 1.29 is 23.7 Å². The third-order valence-electron chi connectivity index (χ3n) is 2.74. The molecule has 0 aliphatic heterocycles. The number of hydrogen-bond acceptors (Lipinski definition) is 4. The van der Waals surface area contributed by atoms with Gasteiger partial charge in [0.05, 0.1) is 32.1 Å². The molecule has 0 aliphatic carbocycles. The Bertz CT molecular complexity index is 595. The van der Waals surface area contributed by atoms with Crippen LogP contribution in [-0.2, 0) is 0 Å². The molecule has 0 atom stereocenters. The van der Waals surface area contributed by atoms with Gasteiger partial charge in [-0.1, -0.05) is 0 Å². The van der Waals surface area contributed by atoms with Gasteiger partial charge in [0.15, 0.2) is 11.6 Å². The van der Waals surface area contributed by atoms with Gasteiger partial charge in [-0.15, -0.1) is 0 Å². The molecule has 1 N–H and O–H groups in total. The van der Waals surface area contributed by atoms with Gasteiger partial charge in [0.2, 0.25) is 0 Å². The number of phenols is 1. The third kappa shape index (κ3) is 1.68. The van der Waals surface area contributed by atoms with Crippen LogP contribution in [0, 0.1) is 5.82 Å². The summed E-state index contributed by atoms with van der Waals surface area (Å²) in [6, 6.07) is 4.17. The molecule has 5 heteroatoms. The molecule has 0 amide bonds. The van der Waals surface area contributed by atoms with Gasteiger partial charge in [-0.3, -0.25) is 0 Å². The van der Waals surface area contributed by atoms with Crippen molar-refractivity contribution in [3.63, 3.8) is 0 Å². The summed E-state index contributed by atoms with van der Waals surface area (Å²) in [6.07, 6.45) is 0. The fourth-order valence-electron chi connectivity index (χ4n) is 1.95. The highest BCUT2D eigenvalue weighted by Gasteiger charge is 2.20. The summed E-state index contributed by atoms with van der Waals surface area (Å²) in [5.74, 6) is 0.0300. The Morgan fingerprint density at radius 1 is 0.944 bits per heavy atom. The maximum absolute atomic E-state index is 13.9. The van der Waals surface area contributed by atoms with Gasteiger partial charge in [0.1, 0.15) is 17.2 Å². The van der Waals surface area contributed by atoms with Crippen LogP contribution in [0.1, 0.15) is 0 Å². The van der Waals surface area contributed by atoms with Crippen LogP contribution in [0.3, 0.4) is 0 Å². The molecule has 0 fully saturated rings. The maximum Gasteiger partial charge on any atom is 0.169 e. The first-order chi connectivity index (χ1) is 8.63. The fraction of sp³-hybridized carbons (Fsp3) is 0.231. The zero-order valence-corrected chi connectivity index (χ0v) is 10.3. The van der Waals surface area contributed by atoms with E-state index in [-0.39, 0.29) is 17.2 Å². The molecule has 0 heterocycles. The first-order valence-corrected chi connectivity index (χ1v) is 5.24. The normalized spacial score (nSPS) is 10.4. The number of halogens is 1. The minimum Gasteiger partial charge on any atom is -0.507 e. The molecule has 2 aromatic carbocycles. The average Bonchev–Trinajstić information content (AvgIpc) is 2.38. The summed E-state index contributed by atoms with van der Waals surface area (Å²) in [5.41, 5.74) is 0. The van der Waals surface area contributed by atoms with Crippen LogP contribution in [-0.4, -0.2) is 26.4 Å². The Morgan fingerprint density at radius 2 is 1.61 bits per heavy atom. The van der Waals surface area contributed by atoms with Crippen LogP contribution in [0.2, 0.25) is 0 Å². The second kappa shape index (κ2) is 4.60. The van der Waals surface area contributed by atoms with E-state index < -0.39 is 5.82 Å². The van der Waals surface area contributed by atoms with Gasteiger partial charge >= 0.3 is 0 Å². The molecule has 96 valence electrons. The molecule has 0 unspecified atom stereocenters. The molecule has 0 radical (unpaired) electrons. The molecule has 0 bridgehead atoms. The molecule has 2 rings (SSSR count). The predicted octanol–water partition coefficient (Wildman–Crippen LogP) is 2.71. The van der Waals surface area contributed by atoms with E-state index in [9.17, 15) is 9.50 Å². The first kappa shape index (κ1) is 12.3. The number of aromatic hydroxyl groups is 1. The number of fused-ring (bicyclic) bond motifs is 1. The van der Waals surface area contributed by atoms with E-state index in [0.29, 0.717) is 16.5 Å². The Balaban J connectivity index is 3.00. The smallest absolute Gasteiger partial charge is 0.169 e. The summed E-state index contributed by atoms with van der Waals surface area (Å²) < 4.78 is 29.1. The molecular formula is C13H13FO4. The van der Waals surface area contributed by atoms with Crippen molar-refractivity contribution in [3.8, 4) is 23.0 Å². The van der Waals surface area contributed by atoms with E-state index in [2.05, 4.69) is 0 Å². The molecule has 0 aliphatic rings. The first-order valence-electron chi connectivity index (χ1n) is 5.24. The largest absolute Gasteiger partial charge is 0.507 e. The number of benzene rings is 2. The molecule has 18 heavy (non-hydrogen) atoms. The second-order valence-electron chi connectivity index (χ2n) is 3.63. The highest BCUT2D eigenvalue weighted by Crippen LogP contribution is 2.45. The van der Waals surface area contributed by atoms with E-state index >= 15 is 0 Å². The van der Waals surface area contributed by atoms with E-state index in [1.807, 2.05) is 0 Å². The Morgan fingerprint density at radius 3 is 2.17 bits per heavy atom. The molecule has 0 aromatic heterocycles. The van der Waals surface area contributed by atoms with Gasteiger partial charge in [0, 0.05) is 6.07 Å². The highest BCUT2D eigenvalue weighted by atomic mass is 19.1. The lowest BCUT2D eigenvalue weighted by Crippen LogP contribution is -1.96. The van der Waals surface area contributed by atoms with Crippen LogP contribution in [0.4, 0.5) is 4.39 Å². The third-order valence-corrected chi connectivity index (χ3v) is 2.74. The molecule has 0 saturated carbocycles. The molecule has 2 aromatic rings. The number of phenolic OH excluding ortho intramolecular Hbond substituents is 1. The van der Waals surface area contributed by atoms with Crippen molar-refractivity contribution in [3.05, 3.63) is 24.0 Å². The zero-order valence-electron chi connectivity index (χ0n) is 10.3. The van der Waals surface area contributed by atoms with Gasteiger partial charge in [-0.05, 0) is 12.1 Å². The van der Waals surface area contributed by atoms with Crippen LogP contribution >= 0.6 is 0 Å². The van der Waals surface area contributed by atoms with E-state index in [1.54, 1.807) is 6.07 Å². The summed E-state index contributed by atoms with van der Waals surface area (Å²) in [7, 11) is 4.22. The second-order valence-corrected chi connectivity index (χ2v) is 3.63. The minimum absolute atomic E-state index is 0.0125. The van der Waals surface area contributed by atoms with Crippen molar-refractivity contribution in [1.29, 1.82) is 0 Å². The van der Waals surface area contributed by atoms with Gasteiger partial charge in [-0.2, -0.15) is 0 Å².